The van der Waals surface area contributed by atoms with Gasteiger partial charge in [0, 0.05) is 25.3 Å². The lowest BCUT2D eigenvalue weighted by Gasteiger charge is -2.18. The van der Waals surface area contributed by atoms with Gasteiger partial charge in [-0.15, -0.1) is 0 Å². The molecule has 0 aliphatic rings. The second-order valence-electron chi connectivity index (χ2n) is 3.25. The van der Waals surface area contributed by atoms with Crippen molar-refractivity contribution < 1.29 is 12.6 Å². The van der Waals surface area contributed by atoms with Gasteiger partial charge in [0.1, 0.15) is 0 Å². The molecule has 1 aromatic carbocycles. The summed E-state index contributed by atoms with van der Waals surface area (Å²) in [5, 5.41) is 0. The molecule has 7 heteroatoms. The van der Waals surface area contributed by atoms with Crippen molar-refractivity contribution in [3.8, 4) is 5.75 Å². The van der Waals surface area contributed by atoms with Crippen LogP contribution in [0.1, 0.15) is 6.92 Å². The maximum Gasteiger partial charge on any atom is 0.363 e. The smallest absolute Gasteiger partial charge is 0.363 e. The van der Waals surface area contributed by atoms with E-state index in [2.05, 4.69) is 15.8 Å². The molecule has 5 nitrogen and oxygen atoms in total. The van der Waals surface area contributed by atoms with Crippen molar-refractivity contribution in [1.82, 2.24) is 0 Å². The first-order valence-corrected chi connectivity index (χ1v) is 7.07. The predicted octanol–water partition coefficient (Wildman–Crippen LogP) is 1.28. The Hall–Kier alpha value is -1.08. The van der Waals surface area contributed by atoms with Gasteiger partial charge in [0.2, 0.25) is 0 Å². The van der Waals surface area contributed by atoms with E-state index in [9.17, 15) is 8.42 Å². The Balaban J connectivity index is 3.09. The number of rotatable bonds is 4. The average molecular weight is 262 g/mol. The number of hydrogen-bond donors (Lipinski definition) is 2. The summed E-state index contributed by atoms with van der Waals surface area (Å²) in [7, 11) is -1.97. The van der Waals surface area contributed by atoms with Crippen LogP contribution >= 0.6 is 11.7 Å². The predicted molar refractivity (Wildman–Crippen MR) is 68.3 cm³/mol. The molecular formula is C9H14N2O3S2. The van der Waals surface area contributed by atoms with Gasteiger partial charge >= 0.3 is 9.15 Å². The molecule has 1 aromatic rings. The standard InChI is InChI=1S/C9H14N2O3S2/c1-3-11(2)7-4-5-8(10)9(6-7)14-16(12,13)15/h4-6H,3,10H2,1-2H3,(H,12,13,15). The molecule has 0 spiro atoms. The molecule has 0 aliphatic carbocycles. The highest BCUT2D eigenvalue weighted by Crippen LogP contribution is 2.28. The summed E-state index contributed by atoms with van der Waals surface area (Å²) in [6, 6.07) is 4.94. The molecule has 0 heterocycles. The average Bonchev–Trinajstić information content (AvgIpc) is 2.18. The summed E-state index contributed by atoms with van der Waals surface area (Å²) in [5.74, 6) is 0.0906. The number of nitrogens with two attached hydrogens (primary N) is 1. The third-order valence-electron chi connectivity index (χ3n) is 2.11. The van der Waals surface area contributed by atoms with Crippen LogP contribution < -0.4 is 14.8 Å². The van der Waals surface area contributed by atoms with Crippen LogP contribution in [0.2, 0.25) is 0 Å². The largest absolute Gasteiger partial charge is 0.396 e. The van der Waals surface area contributed by atoms with Crippen LogP contribution in [0.25, 0.3) is 0 Å². The second kappa shape index (κ2) is 4.84. The zero-order valence-electron chi connectivity index (χ0n) is 9.04. The SMILES string of the molecule is CCN(C)c1ccc(N)c(OS(=O)(=O)S)c1. The molecule has 0 fully saturated rings. The lowest BCUT2D eigenvalue weighted by Crippen LogP contribution is -2.16. The molecule has 16 heavy (non-hydrogen) atoms. The Bertz CT molecular complexity index is 474. The summed E-state index contributed by atoms with van der Waals surface area (Å²) in [6.07, 6.45) is 0. The number of nitrogen functional groups attached to an aromatic ring is 1. The first-order valence-electron chi connectivity index (χ1n) is 4.61. The minimum Gasteiger partial charge on any atom is -0.396 e. The van der Waals surface area contributed by atoms with Crippen molar-refractivity contribution in [2.45, 2.75) is 6.92 Å². The van der Waals surface area contributed by atoms with Gasteiger partial charge in [0.25, 0.3) is 0 Å². The van der Waals surface area contributed by atoms with E-state index in [0.717, 1.165) is 12.2 Å². The van der Waals surface area contributed by atoms with Crippen LogP contribution in [-0.4, -0.2) is 22.0 Å². The monoisotopic (exact) mass is 262 g/mol. The molecule has 0 radical (unpaired) electrons. The Morgan fingerprint density at radius 1 is 1.50 bits per heavy atom. The summed E-state index contributed by atoms with van der Waals surface area (Å²) >= 11 is 3.30. The molecule has 1 rings (SSSR count). The minimum atomic E-state index is -3.85. The fourth-order valence-corrected chi connectivity index (χ4v) is 1.74. The van der Waals surface area contributed by atoms with Gasteiger partial charge in [-0.25, -0.2) is 0 Å². The Labute approximate surface area is 100 Å². The van der Waals surface area contributed by atoms with Crippen LogP contribution in [-0.2, 0) is 9.15 Å². The Morgan fingerprint density at radius 2 is 2.12 bits per heavy atom. The van der Waals surface area contributed by atoms with E-state index in [1.807, 2.05) is 18.9 Å². The minimum absolute atomic E-state index is 0.0906. The summed E-state index contributed by atoms with van der Waals surface area (Å²) in [4.78, 5) is 1.93. The molecule has 90 valence electrons. The number of hydrogen-bond acceptors (Lipinski definition) is 5. The van der Waals surface area contributed by atoms with E-state index in [-0.39, 0.29) is 11.4 Å². The first kappa shape index (κ1) is 13.0. The highest BCUT2D eigenvalue weighted by molar-refractivity contribution is 8.61. The molecule has 0 saturated carbocycles. The normalized spacial score (nSPS) is 11.2. The third kappa shape index (κ3) is 3.49. The summed E-state index contributed by atoms with van der Waals surface area (Å²) < 4.78 is 26.4. The maximum atomic E-state index is 10.9. The van der Waals surface area contributed by atoms with Gasteiger partial charge in [-0.2, -0.15) is 8.42 Å². The van der Waals surface area contributed by atoms with E-state index in [4.69, 9.17) is 5.73 Å². The van der Waals surface area contributed by atoms with Crippen molar-refractivity contribution in [3.05, 3.63) is 18.2 Å². The Kier molecular flexibility index (Phi) is 3.93. The van der Waals surface area contributed by atoms with E-state index in [1.54, 1.807) is 18.2 Å². The molecule has 0 saturated heterocycles. The van der Waals surface area contributed by atoms with E-state index in [1.165, 1.54) is 0 Å². The Morgan fingerprint density at radius 3 is 2.62 bits per heavy atom. The first-order chi connectivity index (χ1) is 7.33. The number of benzene rings is 1. The lowest BCUT2D eigenvalue weighted by atomic mass is 10.2. The van der Waals surface area contributed by atoms with Gasteiger partial charge in [-0.3, -0.25) is 0 Å². The fourth-order valence-electron chi connectivity index (χ4n) is 1.13. The van der Waals surface area contributed by atoms with E-state index < -0.39 is 9.15 Å². The molecule has 0 atom stereocenters. The van der Waals surface area contributed by atoms with Crippen molar-refractivity contribution >= 4 is 32.2 Å². The topological polar surface area (TPSA) is 72.6 Å². The van der Waals surface area contributed by atoms with Crippen molar-refractivity contribution in [1.29, 1.82) is 0 Å². The van der Waals surface area contributed by atoms with Crippen LogP contribution in [0, 0.1) is 0 Å². The van der Waals surface area contributed by atoms with Crippen LogP contribution in [0.5, 0.6) is 5.75 Å². The summed E-state index contributed by atoms with van der Waals surface area (Å²) in [5.41, 5.74) is 6.67. The zero-order valence-corrected chi connectivity index (χ0v) is 10.8. The van der Waals surface area contributed by atoms with Gasteiger partial charge < -0.3 is 14.8 Å². The van der Waals surface area contributed by atoms with Gasteiger partial charge in [0.15, 0.2) is 5.75 Å². The van der Waals surface area contributed by atoms with E-state index in [0.29, 0.717) is 0 Å². The van der Waals surface area contributed by atoms with Crippen LogP contribution in [0.15, 0.2) is 18.2 Å². The zero-order chi connectivity index (χ0) is 12.3. The summed E-state index contributed by atoms with van der Waals surface area (Å²) in [6.45, 7) is 2.77. The second-order valence-corrected chi connectivity index (χ2v) is 5.61. The maximum absolute atomic E-state index is 10.9. The lowest BCUT2D eigenvalue weighted by molar-refractivity contribution is 0.506. The van der Waals surface area contributed by atoms with Crippen molar-refractivity contribution in [2.75, 3.05) is 24.2 Å². The van der Waals surface area contributed by atoms with Gasteiger partial charge in [-0.05, 0) is 30.7 Å². The molecule has 0 bridgehead atoms. The third-order valence-corrected chi connectivity index (χ3v) is 2.72. The fraction of sp³-hybridized carbons (Fsp3) is 0.333. The van der Waals surface area contributed by atoms with Gasteiger partial charge in [0.05, 0.1) is 5.69 Å². The molecule has 0 amide bonds. The molecule has 2 N–H and O–H groups in total. The van der Waals surface area contributed by atoms with Gasteiger partial charge in [-0.1, -0.05) is 0 Å². The highest BCUT2D eigenvalue weighted by atomic mass is 33.1. The number of anilines is 2. The highest BCUT2D eigenvalue weighted by Gasteiger charge is 2.10. The quantitative estimate of drug-likeness (QED) is 0.486. The van der Waals surface area contributed by atoms with Crippen molar-refractivity contribution in [2.24, 2.45) is 0 Å². The number of nitrogens with zero attached hydrogens (tertiary/aromatic N) is 1. The van der Waals surface area contributed by atoms with Crippen LogP contribution in [0.3, 0.4) is 0 Å². The number of thiol groups is 1. The van der Waals surface area contributed by atoms with Crippen LogP contribution in [0.4, 0.5) is 11.4 Å². The molecule has 0 unspecified atom stereocenters. The molecule has 0 aromatic heterocycles. The molecular weight excluding hydrogens is 248 g/mol. The van der Waals surface area contributed by atoms with Crippen molar-refractivity contribution in [3.63, 3.8) is 0 Å². The van der Waals surface area contributed by atoms with E-state index >= 15 is 0 Å². The molecule has 0 aliphatic heterocycles.